The van der Waals surface area contributed by atoms with Crippen molar-refractivity contribution >= 4 is 29.4 Å². The number of carbonyl (C=O) groups excluding carboxylic acids is 1. The largest absolute Gasteiger partial charge is 0.320 e. The molecule has 1 aromatic carbocycles. The molecule has 3 nitrogen and oxygen atoms in total. The summed E-state index contributed by atoms with van der Waals surface area (Å²) in [5.74, 6) is 0.234. The van der Waals surface area contributed by atoms with Crippen LogP contribution in [0.3, 0.4) is 0 Å². The molecule has 0 spiro atoms. The molecule has 0 bridgehead atoms. The van der Waals surface area contributed by atoms with Crippen molar-refractivity contribution < 1.29 is 4.79 Å². The molecule has 1 amide bonds. The van der Waals surface area contributed by atoms with Crippen molar-refractivity contribution in [1.29, 1.82) is 0 Å². The van der Waals surface area contributed by atoms with Crippen LogP contribution in [0.15, 0.2) is 29.2 Å². The fourth-order valence-electron chi connectivity index (χ4n) is 2.58. The highest BCUT2D eigenvalue weighted by Crippen LogP contribution is 2.29. The third kappa shape index (κ3) is 3.76. The lowest BCUT2D eigenvalue weighted by Crippen LogP contribution is -2.35. The number of carbonyl (C=O) groups is 1. The van der Waals surface area contributed by atoms with Crippen molar-refractivity contribution in [3.63, 3.8) is 0 Å². The molecule has 0 aliphatic carbocycles. The summed E-state index contributed by atoms with van der Waals surface area (Å²) in [4.78, 5) is 15.8. The van der Waals surface area contributed by atoms with Crippen LogP contribution in [0.25, 0.3) is 0 Å². The van der Waals surface area contributed by atoms with E-state index in [1.54, 1.807) is 23.5 Å². The zero-order chi connectivity index (χ0) is 15.4. The van der Waals surface area contributed by atoms with Gasteiger partial charge in [-0.1, -0.05) is 26.0 Å². The minimum atomic E-state index is -0.0516. The monoisotopic (exact) mass is 324 g/mol. The highest BCUT2D eigenvalue weighted by atomic mass is 32.2. The van der Waals surface area contributed by atoms with Gasteiger partial charge in [0.05, 0.1) is 6.04 Å². The Morgan fingerprint density at radius 1 is 1.29 bits per heavy atom. The Balaban J connectivity index is 2.22. The lowest BCUT2D eigenvalue weighted by atomic mass is 10.1. The van der Waals surface area contributed by atoms with E-state index in [0.29, 0.717) is 5.25 Å². The number of thioether (sulfide) groups is 2. The standard InChI is InChI=1S/C16H24N2OS2/c1-5-14-16(19)18(10-11(2)20-3)15(17-14)12-6-8-13(21-4)9-7-12/h6-9,11,14-15,17H,5,10H2,1-4H3. The number of rotatable bonds is 6. The highest BCUT2D eigenvalue weighted by molar-refractivity contribution is 7.99. The average Bonchev–Trinajstić information content (AvgIpc) is 2.83. The molecule has 1 saturated heterocycles. The van der Waals surface area contributed by atoms with Crippen molar-refractivity contribution in [2.45, 2.75) is 42.6 Å². The van der Waals surface area contributed by atoms with Crippen LogP contribution in [0.4, 0.5) is 0 Å². The minimum absolute atomic E-state index is 0.00737. The van der Waals surface area contributed by atoms with Gasteiger partial charge in [-0.3, -0.25) is 10.1 Å². The summed E-state index contributed by atoms with van der Waals surface area (Å²) in [6.45, 7) is 5.02. The fraction of sp³-hybridized carbons (Fsp3) is 0.562. The predicted molar refractivity (Wildman–Crippen MR) is 92.9 cm³/mol. The Kier molecular flexibility index (Phi) is 6.02. The molecule has 3 atom stereocenters. The zero-order valence-corrected chi connectivity index (χ0v) is 14.8. The molecule has 5 heteroatoms. The first kappa shape index (κ1) is 16.7. The molecule has 0 saturated carbocycles. The Hall–Kier alpha value is -0.650. The van der Waals surface area contributed by atoms with Crippen molar-refractivity contribution in [3.05, 3.63) is 29.8 Å². The third-order valence-electron chi connectivity index (χ3n) is 3.95. The van der Waals surface area contributed by atoms with Crippen LogP contribution in [0.2, 0.25) is 0 Å². The Morgan fingerprint density at radius 3 is 2.48 bits per heavy atom. The van der Waals surface area contributed by atoms with E-state index < -0.39 is 0 Å². The first-order valence-corrected chi connectivity index (χ1v) is 9.85. The number of benzene rings is 1. The number of nitrogens with one attached hydrogen (secondary N) is 1. The highest BCUT2D eigenvalue weighted by Gasteiger charge is 2.38. The van der Waals surface area contributed by atoms with Gasteiger partial charge in [-0.05, 0) is 36.6 Å². The molecular weight excluding hydrogens is 300 g/mol. The topological polar surface area (TPSA) is 32.3 Å². The van der Waals surface area contributed by atoms with Crippen molar-refractivity contribution in [2.24, 2.45) is 0 Å². The summed E-state index contributed by atoms with van der Waals surface area (Å²) >= 11 is 3.54. The van der Waals surface area contributed by atoms with Gasteiger partial charge in [0.15, 0.2) is 0 Å². The Morgan fingerprint density at radius 2 is 1.95 bits per heavy atom. The number of nitrogens with zero attached hydrogens (tertiary/aromatic N) is 1. The van der Waals surface area contributed by atoms with E-state index in [0.717, 1.165) is 13.0 Å². The molecule has 0 aromatic heterocycles. The molecule has 1 aromatic rings. The maximum Gasteiger partial charge on any atom is 0.241 e. The van der Waals surface area contributed by atoms with Crippen LogP contribution >= 0.6 is 23.5 Å². The van der Waals surface area contributed by atoms with Gasteiger partial charge in [0.25, 0.3) is 0 Å². The maximum atomic E-state index is 12.5. The molecule has 1 N–H and O–H groups in total. The fourth-order valence-corrected chi connectivity index (χ4v) is 3.30. The Labute approximate surface area is 136 Å². The summed E-state index contributed by atoms with van der Waals surface area (Å²) in [6, 6.07) is 8.46. The van der Waals surface area contributed by atoms with Gasteiger partial charge in [-0.2, -0.15) is 11.8 Å². The second kappa shape index (κ2) is 7.56. The first-order chi connectivity index (χ1) is 10.1. The van der Waals surface area contributed by atoms with Crippen LogP contribution in [0.5, 0.6) is 0 Å². The quantitative estimate of drug-likeness (QED) is 0.813. The van der Waals surface area contributed by atoms with Crippen LogP contribution in [-0.2, 0) is 4.79 Å². The molecular formula is C16H24N2OS2. The van der Waals surface area contributed by atoms with Gasteiger partial charge in [0.2, 0.25) is 5.91 Å². The lowest BCUT2D eigenvalue weighted by molar-refractivity contribution is -0.130. The normalized spacial score (nSPS) is 23.6. The van der Waals surface area contributed by atoms with Gasteiger partial charge >= 0.3 is 0 Å². The summed E-state index contributed by atoms with van der Waals surface area (Å²) in [6.07, 6.45) is 5.01. The molecule has 0 radical (unpaired) electrons. The van der Waals surface area contributed by atoms with E-state index in [2.05, 4.69) is 55.9 Å². The maximum absolute atomic E-state index is 12.5. The summed E-state index contributed by atoms with van der Waals surface area (Å²) in [5.41, 5.74) is 1.17. The first-order valence-electron chi connectivity index (χ1n) is 7.34. The average molecular weight is 325 g/mol. The van der Waals surface area contributed by atoms with E-state index in [9.17, 15) is 4.79 Å². The van der Waals surface area contributed by atoms with Crippen LogP contribution in [-0.4, -0.2) is 41.2 Å². The second-order valence-corrected chi connectivity index (χ2v) is 7.50. The zero-order valence-electron chi connectivity index (χ0n) is 13.1. The smallest absolute Gasteiger partial charge is 0.241 e. The summed E-state index contributed by atoms with van der Waals surface area (Å²) in [7, 11) is 0. The van der Waals surface area contributed by atoms with Gasteiger partial charge < -0.3 is 4.90 Å². The molecule has 1 aliphatic rings. The van der Waals surface area contributed by atoms with Crippen LogP contribution in [0.1, 0.15) is 32.0 Å². The number of hydrogen-bond acceptors (Lipinski definition) is 4. The van der Waals surface area contributed by atoms with E-state index in [1.807, 2.05) is 4.90 Å². The van der Waals surface area contributed by atoms with Crippen molar-refractivity contribution in [1.82, 2.24) is 10.2 Å². The third-order valence-corrected chi connectivity index (χ3v) is 5.65. The summed E-state index contributed by atoms with van der Waals surface area (Å²) in [5, 5.41) is 3.93. The Bertz CT molecular complexity index is 478. The molecule has 1 fully saturated rings. The summed E-state index contributed by atoms with van der Waals surface area (Å²) < 4.78 is 0. The van der Waals surface area contributed by atoms with Crippen LogP contribution < -0.4 is 5.32 Å². The molecule has 21 heavy (non-hydrogen) atoms. The molecule has 1 aliphatic heterocycles. The lowest BCUT2D eigenvalue weighted by Gasteiger charge is -2.27. The van der Waals surface area contributed by atoms with Gasteiger partial charge in [0, 0.05) is 16.7 Å². The van der Waals surface area contributed by atoms with E-state index in [4.69, 9.17) is 0 Å². The molecule has 1 heterocycles. The van der Waals surface area contributed by atoms with Crippen molar-refractivity contribution in [2.75, 3.05) is 19.1 Å². The second-order valence-electron chi connectivity index (χ2n) is 5.34. The van der Waals surface area contributed by atoms with Crippen molar-refractivity contribution in [3.8, 4) is 0 Å². The van der Waals surface area contributed by atoms with Gasteiger partial charge in [0.1, 0.15) is 6.17 Å². The van der Waals surface area contributed by atoms with Crippen LogP contribution in [0, 0.1) is 0 Å². The minimum Gasteiger partial charge on any atom is -0.320 e. The molecule has 3 unspecified atom stereocenters. The number of hydrogen-bond donors (Lipinski definition) is 1. The van der Waals surface area contributed by atoms with Gasteiger partial charge in [-0.25, -0.2) is 0 Å². The van der Waals surface area contributed by atoms with E-state index >= 15 is 0 Å². The predicted octanol–water partition coefficient (Wildman–Crippen LogP) is 3.37. The number of amides is 1. The van der Waals surface area contributed by atoms with E-state index in [1.165, 1.54) is 10.5 Å². The van der Waals surface area contributed by atoms with Gasteiger partial charge in [-0.15, -0.1) is 11.8 Å². The molecule has 116 valence electrons. The SMILES string of the molecule is CCC1NC(c2ccc(SC)cc2)N(CC(C)SC)C1=O. The van der Waals surface area contributed by atoms with E-state index in [-0.39, 0.29) is 18.1 Å². The molecule has 2 rings (SSSR count).